The molecule has 1 aromatic heterocycles. The molecule has 1 aromatic carbocycles. The van der Waals surface area contributed by atoms with Gasteiger partial charge in [0.1, 0.15) is 0 Å². The fourth-order valence-electron chi connectivity index (χ4n) is 2.19. The summed E-state index contributed by atoms with van der Waals surface area (Å²) in [4.78, 5) is 4.20. The van der Waals surface area contributed by atoms with Gasteiger partial charge in [0, 0.05) is 12.6 Å². The Hall–Kier alpha value is -0.730. The van der Waals surface area contributed by atoms with E-state index in [4.69, 9.17) is 0 Å². The number of rotatable bonds is 3. The Labute approximate surface area is 128 Å². The van der Waals surface area contributed by atoms with E-state index in [0.717, 1.165) is 29.6 Å². The molecule has 2 heterocycles. The van der Waals surface area contributed by atoms with Crippen molar-refractivity contribution in [2.24, 2.45) is 0 Å². The van der Waals surface area contributed by atoms with Gasteiger partial charge in [-0.2, -0.15) is 0 Å². The lowest BCUT2D eigenvalue weighted by Gasteiger charge is -2.22. The van der Waals surface area contributed by atoms with Gasteiger partial charge in [0.25, 0.3) is 10.0 Å². The fourth-order valence-corrected chi connectivity index (χ4v) is 4.70. The third-order valence-electron chi connectivity index (χ3n) is 3.12. The predicted octanol–water partition coefficient (Wildman–Crippen LogP) is 1.75. The number of aromatic nitrogens is 1. The van der Waals surface area contributed by atoms with E-state index >= 15 is 0 Å². The van der Waals surface area contributed by atoms with Crippen molar-refractivity contribution < 1.29 is 8.42 Å². The van der Waals surface area contributed by atoms with Crippen LogP contribution in [0.2, 0.25) is 0 Å². The van der Waals surface area contributed by atoms with Crippen LogP contribution in [0, 0.1) is 0 Å². The van der Waals surface area contributed by atoms with Crippen molar-refractivity contribution in [2.75, 3.05) is 13.1 Å². The molecule has 8 heteroatoms. The number of hydrogen-bond donors (Lipinski definition) is 2. The number of piperidine rings is 1. The van der Waals surface area contributed by atoms with Crippen LogP contribution in [0.3, 0.4) is 0 Å². The van der Waals surface area contributed by atoms with Crippen molar-refractivity contribution >= 4 is 44.0 Å². The van der Waals surface area contributed by atoms with Gasteiger partial charge in [-0.1, -0.05) is 12.1 Å². The predicted molar refractivity (Wildman–Crippen MR) is 83.1 cm³/mol. The molecule has 2 aromatic rings. The molecule has 0 spiro atoms. The van der Waals surface area contributed by atoms with Crippen molar-refractivity contribution in [3.8, 4) is 0 Å². The summed E-state index contributed by atoms with van der Waals surface area (Å²) in [5.74, 6) is 0. The second-order valence-corrected chi connectivity index (χ2v) is 7.53. The molecule has 0 bridgehead atoms. The molecule has 2 N–H and O–H groups in total. The number of para-hydroxylation sites is 1. The molecule has 1 atom stereocenters. The summed E-state index contributed by atoms with van der Waals surface area (Å²) in [6.45, 7) is 1.64. The van der Waals surface area contributed by atoms with Gasteiger partial charge in [-0.15, -0.1) is 23.7 Å². The lowest BCUT2D eigenvalue weighted by Crippen LogP contribution is -2.45. The minimum absolute atomic E-state index is 0. The van der Waals surface area contributed by atoms with Crippen LogP contribution in [-0.2, 0) is 10.0 Å². The summed E-state index contributed by atoms with van der Waals surface area (Å²) < 4.78 is 28.3. The van der Waals surface area contributed by atoms with Gasteiger partial charge in [-0.25, -0.2) is 18.1 Å². The molecule has 0 aliphatic carbocycles. The average molecular weight is 334 g/mol. The van der Waals surface area contributed by atoms with E-state index in [1.54, 1.807) is 0 Å². The number of halogens is 1. The van der Waals surface area contributed by atoms with Crippen LogP contribution in [-0.4, -0.2) is 32.5 Å². The lowest BCUT2D eigenvalue weighted by atomic mass is 10.1. The molecule has 1 saturated heterocycles. The fraction of sp³-hybridized carbons (Fsp3) is 0.417. The third kappa shape index (κ3) is 3.29. The molecule has 1 aliphatic rings. The molecular weight excluding hydrogens is 318 g/mol. The molecule has 0 radical (unpaired) electrons. The molecule has 1 unspecified atom stereocenters. The number of fused-ring (bicyclic) bond motifs is 1. The van der Waals surface area contributed by atoms with E-state index in [0.29, 0.717) is 6.54 Å². The maximum atomic E-state index is 12.3. The van der Waals surface area contributed by atoms with Crippen molar-refractivity contribution in [1.82, 2.24) is 15.0 Å². The Morgan fingerprint density at radius 1 is 1.35 bits per heavy atom. The molecular formula is C12H16ClN3O2S2. The topological polar surface area (TPSA) is 71.1 Å². The zero-order valence-corrected chi connectivity index (χ0v) is 13.2. The Balaban J connectivity index is 0.00000147. The highest BCUT2D eigenvalue weighted by atomic mass is 35.5. The Kier molecular flexibility index (Phi) is 4.98. The molecule has 0 saturated carbocycles. The lowest BCUT2D eigenvalue weighted by molar-refractivity contribution is 0.428. The van der Waals surface area contributed by atoms with E-state index in [-0.39, 0.29) is 22.8 Å². The van der Waals surface area contributed by atoms with Crippen LogP contribution >= 0.6 is 23.7 Å². The van der Waals surface area contributed by atoms with Crippen LogP contribution in [0.15, 0.2) is 28.6 Å². The monoisotopic (exact) mass is 333 g/mol. The summed E-state index contributed by atoms with van der Waals surface area (Å²) >= 11 is 1.21. The number of nitrogens with one attached hydrogen (secondary N) is 2. The molecule has 110 valence electrons. The summed E-state index contributed by atoms with van der Waals surface area (Å²) in [5, 5.41) is 3.19. The van der Waals surface area contributed by atoms with E-state index in [1.807, 2.05) is 24.3 Å². The van der Waals surface area contributed by atoms with Gasteiger partial charge >= 0.3 is 0 Å². The first-order valence-corrected chi connectivity index (χ1v) is 8.54. The van der Waals surface area contributed by atoms with E-state index in [9.17, 15) is 8.42 Å². The normalized spacial score (nSPS) is 19.7. The number of thiazole rings is 1. The van der Waals surface area contributed by atoms with Crippen LogP contribution in [0.5, 0.6) is 0 Å². The smallest absolute Gasteiger partial charge is 0.268 e. The third-order valence-corrected chi connectivity index (χ3v) is 6.06. The molecule has 5 nitrogen and oxygen atoms in total. The summed E-state index contributed by atoms with van der Waals surface area (Å²) in [7, 11) is -3.50. The van der Waals surface area contributed by atoms with Crippen LogP contribution in [0.25, 0.3) is 10.2 Å². The molecule has 20 heavy (non-hydrogen) atoms. The van der Waals surface area contributed by atoms with E-state index in [2.05, 4.69) is 15.0 Å². The standard InChI is InChI=1S/C12H15N3O2S2.ClH/c16-19(17,15-9-4-3-7-13-8-9)12-14-10-5-1-2-6-11(10)18-12;/h1-2,5-6,9,13,15H,3-4,7-8H2;1H. The van der Waals surface area contributed by atoms with Gasteiger partial charge in [0.15, 0.2) is 0 Å². The van der Waals surface area contributed by atoms with Gasteiger partial charge in [-0.3, -0.25) is 0 Å². The second-order valence-electron chi connectivity index (χ2n) is 4.61. The summed E-state index contributed by atoms with van der Waals surface area (Å²) in [6.07, 6.45) is 1.87. The number of sulfonamides is 1. The van der Waals surface area contributed by atoms with Crippen LogP contribution in [0.1, 0.15) is 12.8 Å². The van der Waals surface area contributed by atoms with Gasteiger partial charge < -0.3 is 5.32 Å². The molecule has 3 rings (SSSR count). The Bertz CT molecular complexity index is 648. The van der Waals surface area contributed by atoms with Crippen molar-refractivity contribution in [3.63, 3.8) is 0 Å². The van der Waals surface area contributed by atoms with E-state index < -0.39 is 10.0 Å². The first kappa shape index (κ1) is 15.7. The molecule has 1 fully saturated rings. The first-order valence-electron chi connectivity index (χ1n) is 6.24. The molecule has 1 aliphatic heterocycles. The average Bonchev–Trinajstić information content (AvgIpc) is 2.84. The first-order chi connectivity index (χ1) is 9.15. The highest BCUT2D eigenvalue weighted by Gasteiger charge is 2.24. The number of nitrogens with zero attached hydrogens (tertiary/aromatic N) is 1. The Morgan fingerprint density at radius 2 is 2.15 bits per heavy atom. The van der Waals surface area contributed by atoms with Crippen molar-refractivity contribution in [2.45, 2.75) is 23.2 Å². The van der Waals surface area contributed by atoms with E-state index in [1.165, 1.54) is 11.3 Å². The summed E-state index contributed by atoms with van der Waals surface area (Å²) in [6, 6.07) is 7.42. The van der Waals surface area contributed by atoms with Gasteiger partial charge in [-0.05, 0) is 31.5 Å². The quantitative estimate of drug-likeness (QED) is 0.897. The minimum atomic E-state index is -3.50. The summed E-state index contributed by atoms with van der Waals surface area (Å²) in [5.41, 5.74) is 0.731. The highest BCUT2D eigenvalue weighted by Crippen LogP contribution is 2.25. The zero-order chi connectivity index (χ0) is 13.3. The zero-order valence-electron chi connectivity index (χ0n) is 10.7. The maximum absolute atomic E-state index is 12.3. The largest absolute Gasteiger partial charge is 0.315 e. The SMILES string of the molecule is Cl.O=S(=O)(NC1CCCNC1)c1nc2ccccc2s1. The van der Waals surface area contributed by atoms with Crippen LogP contribution < -0.4 is 10.0 Å². The van der Waals surface area contributed by atoms with Gasteiger partial charge in [0.05, 0.1) is 10.2 Å². The second kappa shape index (κ2) is 6.36. The van der Waals surface area contributed by atoms with Crippen molar-refractivity contribution in [3.05, 3.63) is 24.3 Å². The van der Waals surface area contributed by atoms with Gasteiger partial charge in [0.2, 0.25) is 4.34 Å². The highest BCUT2D eigenvalue weighted by molar-refractivity contribution is 7.91. The molecule has 0 amide bonds. The number of hydrogen-bond acceptors (Lipinski definition) is 5. The van der Waals surface area contributed by atoms with Crippen molar-refractivity contribution in [1.29, 1.82) is 0 Å². The minimum Gasteiger partial charge on any atom is -0.315 e. The van der Waals surface area contributed by atoms with Crippen LogP contribution in [0.4, 0.5) is 0 Å². The Morgan fingerprint density at radius 3 is 2.85 bits per heavy atom. The number of benzene rings is 1. The maximum Gasteiger partial charge on any atom is 0.268 e.